The molecule has 0 atom stereocenters. The van der Waals surface area contributed by atoms with Gasteiger partial charge < -0.3 is 0 Å². The van der Waals surface area contributed by atoms with Crippen molar-refractivity contribution in [2.75, 3.05) is 21.7 Å². The number of non-ortho nitro benzene ring substituents is 1. The molecule has 1 aromatic heterocycles. The van der Waals surface area contributed by atoms with Gasteiger partial charge in [-0.05, 0) is 24.3 Å². The van der Waals surface area contributed by atoms with Crippen molar-refractivity contribution in [3.63, 3.8) is 0 Å². The molecule has 1 heterocycles. The van der Waals surface area contributed by atoms with Crippen molar-refractivity contribution in [3.8, 4) is 0 Å². The van der Waals surface area contributed by atoms with Gasteiger partial charge in [-0.3, -0.25) is 41.9 Å². The Kier molecular flexibility index (Phi) is 5.41. The molecular weight excluding hydrogens is 368 g/mol. The lowest BCUT2D eigenvalue weighted by molar-refractivity contribution is -0.384. The van der Waals surface area contributed by atoms with Crippen molar-refractivity contribution in [2.45, 2.75) is 0 Å². The molecule has 0 fully saturated rings. The van der Waals surface area contributed by atoms with E-state index in [0.717, 1.165) is 6.33 Å². The van der Waals surface area contributed by atoms with E-state index in [4.69, 9.17) is 0 Å². The monoisotopic (exact) mass is 382 g/mol. The maximum atomic E-state index is 11.5. The third kappa shape index (κ3) is 4.37. The van der Waals surface area contributed by atoms with Gasteiger partial charge in [0.1, 0.15) is 6.33 Å². The molecule has 0 aliphatic heterocycles. The fraction of sp³-hybridized carbons (Fsp3) is 0. The molecule has 0 aliphatic carbocycles. The Hall–Kier alpha value is -4.48. The average molecular weight is 382 g/mol. The first-order chi connectivity index (χ1) is 13.5. The van der Waals surface area contributed by atoms with Crippen LogP contribution in [0.1, 0.15) is 0 Å². The van der Waals surface area contributed by atoms with Crippen LogP contribution in [0.5, 0.6) is 0 Å². The standard InChI is InChI=1S/C16H14N8O4/c25-23(26)13-8-6-12(7-9-13)20-22-16-14(24(27)28)15(17-10-18-16)21-19-11-4-2-1-3-5-11/h1-10,19-20H,(H2,17,18,21,22). The second-order valence-electron chi connectivity index (χ2n) is 5.35. The first-order valence-corrected chi connectivity index (χ1v) is 7.87. The van der Waals surface area contributed by atoms with Crippen molar-refractivity contribution in [2.24, 2.45) is 0 Å². The predicted molar refractivity (Wildman–Crippen MR) is 103 cm³/mol. The topological polar surface area (TPSA) is 160 Å². The molecule has 0 spiro atoms. The number of benzene rings is 2. The van der Waals surface area contributed by atoms with Crippen LogP contribution in [0.15, 0.2) is 60.9 Å². The zero-order valence-corrected chi connectivity index (χ0v) is 14.2. The van der Waals surface area contributed by atoms with Crippen molar-refractivity contribution >= 4 is 34.4 Å². The molecule has 4 N–H and O–H groups in total. The van der Waals surface area contributed by atoms with Crippen LogP contribution in [0.4, 0.5) is 34.4 Å². The van der Waals surface area contributed by atoms with Gasteiger partial charge in [-0.2, -0.15) is 0 Å². The van der Waals surface area contributed by atoms with E-state index in [2.05, 4.69) is 31.7 Å². The van der Waals surface area contributed by atoms with E-state index in [-0.39, 0.29) is 23.0 Å². The second kappa shape index (κ2) is 8.27. The Balaban J connectivity index is 1.75. The summed E-state index contributed by atoms with van der Waals surface area (Å²) in [5.74, 6) is -0.132. The first-order valence-electron chi connectivity index (χ1n) is 7.87. The molecule has 0 bridgehead atoms. The van der Waals surface area contributed by atoms with E-state index >= 15 is 0 Å². The summed E-state index contributed by atoms with van der Waals surface area (Å²) in [6.45, 7) is 0. The molecule has 12 heteroatoms. The Labute approximate surface area is 157 Å². The number of aromatic nitrogens is 2. The summed E-state index contributed by atoms with van der Waals surface area (Å²) in [5.41, 5.74) is 11.5. The molecule has 2 aromatic carbocycles. The van der Waals surface area contributed by atoms with Crippen LogP contribution in [-0.4, -0.2) is 19.8 Å². The van der Waals surface area contributed by atoms with E-state index in [1.807, 2.05) is 6.07 Å². The molecule has 3 aromatic rings. The van der Waals surface area contributed by atoms with Gasteiger partial charge in [0.25, 0.3) is 5.69 Å². The number of nitrogens with zero attached hydrogens (tertiary/aromatic N) is 4. The maximum Gasteiger partial charge on any atom is 0.356 e. The molecule has 0 saturated heterocycles. The molecule has 3 rings (SSSR count). The Morgan fingerprint density at radius 3 is 1.71 bits per heavy atom. The van der Waals surface area contributed by atoms with Gasteiger partial charge in [-0.1, -0.05) is 18.2 Å². The fourth-order valence-electron chi connectivity index (χ4n) is 2.19. The van der Waals surface area contributed by atoms with Gasteiger partial charge in [-0.25, -0.2) is 9.97 Å². The highest BCUT2D eigenvalue weighted by atomic mass is 16.6. The zero-order chi connectivity index (χ0) is 19.9. The third-order valence-corrected chi connectivity index (χ3v) is 3.51. The lowest BCUT2D eigenvalue weighted by atomic mass is 10.3. The summed E-state index contributed by atoms with van der Waals surface area (Å²) in [7, 11) is 0. The normalized spacial score (nSPS) is 10.0. The number of hydrogen-bond acceptors (Lipinski definition) is 10. The molecule has 0 aliphatic rings. The van der Waals surface area contributed by atoms with Crippen molar-refractivity contribution in [1.29, 1.82) is 0 Å². The number of rotatable bonds is 8. The largest absolute Gasteiger partial charge is 0.356 e. The van der Waals surface area contributed by atoms with E-state index in [0.29, 0.717) is 11.4 Å². The average Bonchev–Trinajstić information content (AvgIpc) is 2.71. The minimum atomic E-state index is -0.630. The highest BCUT2D eigenvalue weighted by Gasteiger charge is 2.23. The lowest BCUT2D eigenvalue weighted by Crippen LogP contribution is -2.16. The van der Waals surface area contributed by atoms with Gasteiger partial charge in [0, 0.05) is 12.1 Å². The molecular formula is C16H14N8O4. The molecule has 0 unspecified atom stereocenters. The SMILES string of the molecule is O=[N+]([O-])c1ccc(NNc2ncnc(NNc3ccccc3)c2[N+](=O)[O-])cc1. The maximum absolute atomic E-state index is 11.5. The van der Waals surface area contributed by atoms with E-state index in [1.54, 1.807) is 24.3 Å². The summed E-state index contributed by atoms with van der Waals surface area (Å²) >= 11 is 0. The minimum Gasteiger partial charge on any atom is -0.299 e. The highest BCUT2D eigenvalue weighted by molar-refractivity contribution is 5.71. The molecule has 0 saturated carbocycles. The van der Waals surface area contributed by atoms with Crippen molar-refractivity contribution < 1.29 is 9.85 Å². The molecule has 12 nitrogen and oxygen atoms in total. The van der Waals surface area contributed by atoms with Crippen LogP contribution in [0.25, 0.3) is 0 Å². The Morgan fingerprint density at radius 2 is 1.21 bits per heavy atom. The number of anilines is 4. The summed E-state index contributed by atoms with van der Waals surface area (Å²) in [6.07, 6.45) is 1.15. The summed E-state index contributed by atoms with van der Waals surface area (Å²) < 4.78 is 0. The smallest absolute Gasteiger partial charge is 0.299 e. The predicted octanol–water partition coefficient (Wildman–Crippen LogP) is 3.17. The Morgan fingerprint density at radius 1 is 0.679 bits per heavy atom. The van der Waals surface area contributed by atoms with Gasteiger partial charge in [0.15, 0.2) is 0 Å². The quantitative estimate of drug-likeness (QED) is 0.336. The number of para-hydroxylation sites is 1. The summed E-state index contributed by atoms with van der Waals surface area (Å²) in [4.78, 5) is 28.8. The van der Waals surface area contributed by atoms with E-state index in [1.165, 1.54) is 24.3 Å². The van der Waals surface area contributed by atoms with Crippen LogP contribution >= 0.6 is 0 Å². The minimum absolute atomic E-state index is 0.0446. The van der Waals surface area contributed by atoms with Crippen LogP contribution in [0, 0.1) is 20.2 Å². The number of hydrazine groups is 2. The number of nitro groups is 2. The number of nitro benzene ring substituents is 1. The van der Waals surface area contributed by atoms with Gasteiger partial charge in [0.05, 0.1) is 21.2 Å². The van der Waals surface area contributed by atoms with Crippen molar-refractivity contribution in [1.82, 2.24) is 9.97 Å². The second-order valence-corrected chi connectivity index (χ2v) is 5.35. The molecule has 0 amide bonds. The van der Waals surface area contributed by atoms with Crippen LogP contribution < -0.4 is 21.7 Å². The summed E-state index contributed by atoms with van der Waals surface area (Å²) in [6, 6.07) is 14.5. The Bertz CT molecular complexity index is 982. The zero-order valence-electron chi connectivity index (χ0n) is 14.2. The molecule has 142 valence electrons. The summed E-state index contributed by atoms with van der Waals surface area (Å²) in [5, 5.41) is 22.2. The number of nitrogens with one attached hydrogen (secondary N) is 4. The lowest BCUT2D eigenvalue weighted by Gasteiger charge is -2.12. The number of hydrogen-bond donors (Lipinski definition) is 4. The van der Waals surface area contributed by atoms with Crippen LogP contribution in [-0.2, 0) is 0 Å². The van der Waals surface area contributed by atoms with Crippen molar-refractivity contribution in [3.05, 3.63) is 81.2 Å². The van der Waals surface area contributed by atoms with E-state index in [9.17, 15) is 20.2 Å². The van der Waals surface area contributed by atoms with Crippen LogP contribution in [0.2, 0.25) is 0 Å². The van der Waals surface area contributed by atoms with Gasteiger partial charge in [-0.15, -0.1) is 0 Å². The highest BCUT2D eigenvalue weighted by Crippen LogP contribution is 2.29. The van der Waals surface area contributed by atoms with Crippen LogP contribution in [0.3, 0.4) is 0 Å². The fourth-order valence-corrected chi connectivity index (χ4v) is 2.19. The van der Waals surface area contributed by atoms with Gasteiger partial charge >= 0.3 is 5.69 Å². The first kappa shape index (κ1) is 18.3. The molecule has 28 heavy (non-hydrogen) atoms. The molecule has 0 radical (unpaired) electrons. The van der Waals surface area contributed by atoms with Gasteiger partial charge in [0.2, 0.25) is 11.6 Å². The van der Waals surface area contributed by atoms with E-state index < -0.39 is 9.85 Å². The third-order valence-electron chi connectivity index (χ3n) is 3.51.